The summed E-state index contributed by atoms with van der Waals surface area (Å²) >= 11 is 0. The smallest absolute Gasteiger partial charge is 0.227 e. The number of nitrogens with zero attached hydrogens (tertiary/aromatic N) is 2. The van der Waals surface area contributed by atoms with Crippen molar-refractivity contribution in [2.75, 3.05) is 5.32 Å². The maximum atomic E-state index is 9.06. The molecule has 1 aromatic carbocycles. The summed E-state index contributed by atoms with van der Waals surface area (Å²) in [7, 11) is 0. The van der Waals surface area contributed by atoms with Crippen molar-refractivity contribution in [3.05, 3.63) is 42.7 Å². The topological polar surface area (TPSA) is 58.0 Å². The second-order valence-electron chi connectivity index (χ2n) is 2.74. The van der Waals surface area contributed by atoms with Gasteiger partial charge in [0.1, 0.15) is 5.75 Å². The second kappa shape index (κ2) is 3.74. The van der Waals surface area contributed by atoms with Gasteiger partial charge in [-0.05, 0) is 30.3 Å². The Morgan fingerprint density at radius 1 is 1.00 bits per heavy atom. The molecular formula is C10H9N3O. The van der Waals surface area contributed by atoms with Crippen molar-refractivity contribution in [1.82, 2.24) is 9.97 Å². The van der Waals surface area contributed by atoms with E-state index in [1.54, 1.807) is 42.7 Å². The van der Waals surface area contributed by atoms with E-state index in [-0.39, 0.29) is 5.75 Å². The van der Waals surface area contributed by atoms with E-state index in [2.05, 4.69) is 15.3 Å². The van der Waals surface area contributed by atoms with E-state index in [4.69, 9.17) is 5.11 Å². The Morgan fingerprint density at radius 2 is 1.64 bits per heavy atom. The van der Waals surface area contributed by atoms with Crippen molar-refractivity contribution in [2.45, 2.75) is 0 Å². The molecule has 2 N–H and O–H groups in total. The third-order valence-corrected chi connectivity index (χ3v) is 1.69. The van der Waals surface area contributed by atoms with Crippen LogP contribution in [-0.2, 0) is 0 Å². The first-order chi connectivity index (χ1) is 6.84. The molecule has 0 amide bonds. The third-order valence-electron chi connectivity index (χ3n) is 1.69. The minimum absolute atomic E-state index is 0.240. The van der Waals surface area contributed by atoms with Crippen molar-refractivity contribution >= 4 is 11.6 Å². The number of aromatic nitrogens is 2. The first-order valence-electron chi connectivity index (χ1n) is 4.18. The molecule has 1 aromatic heterocycles. The molecule has 70 valence electrons. The van der Waals surface area contributed by atoms with Crippen LogP contribution in [0.15, 0.2) is 42.7 Å². The highest BCUT2D eigenvalue weighted by Crippen LogP contribution is 2.16. The molecule has 0 bridgehead atoms. The Kier molecular flexibility index (Phi) is 2.27. The van der Waals surface area contributed by atoms with Crippen LogP contribution >= 0.6 is 0 Å². The van der Waals surface area contributed by atoms with Gasteiger partial charge in [-0.2, -0.15) is 0 Å². The molecule has 0 saturated carbocycles. The van der Waals surface area contributed by atoms with Gasteiger partial charge in [0, 0.05) is 18.1 Å². The van der Waals surface area contributed by atoms with Crippen LogP contribution in [0.2, 0.25) is 0 Å². The van der Waals surface area contributed by atoms with Gasteiger partial charge in [0.15, 0.2) is 0 Å². The van der Waals surface area contributed by atoms with Crippen LogP contribution in [0, 0.1) is 0 Å². The van der Waals surface area contributed by atoms with Gasteiger partial charge in [0.05, 0.1) is 0 Å². The SMILES string of the molecule is Oc1ccc(Nc2ncccn2)cc1. The number of hydrogen-bond donors (Lipinski definition) is 2. The summed E-state index contributed by atoms with van der Waals surface area (Å²) in [6.07, 6.45) is 3.32. The molecule has 0 radical (unpaired) electrons. The number of phenols is 1. The van der Waals surface area contributed by atoms with E-state index in [1.165, 1.54) is 0 Å². The largest absolute Gasteiger partial charge is 0.508 e. The highest BCUT2D eigenvalue weighted by atomic mass is 16.3. The molecule has 0 atom stereocenters. The molecule has 14 heavy (non-hydrogen) atoms. The van der Waals surface area contributed by atoms with Crippen LogP contribution < -0.4 is 5.32 Å². The van der Waals surface area contributed by atoms with Crippen molar-refractivity contribution in [2.24, 2.45) is 0 Å². The van der Waals surface area contributed by atoms with E-state index in [0.717, 1.165) is 5.69 Å². The van der Waals surface area contributed by atoms with E-state index in [9.17, 15) is 0 Å². The summed E-state index contributed by atoms with van der Waals surface area (Å²) in [4.78, 5) is 8.02. The van der Waals surface area contributed by atoms with Gasteiger partial charge < -0.3 is 10.4 Å². The lowest BCUT2D eigenvalue weighted by atomic mass is 10.3. The lowest BCUT2D eigenvalue weighted by Gasteiger charge is -2.03. The number of anilines is 2. The Labute approximate surface area is 81.3 Å². The van der Waals surface area contributed by atoms with Crippen LogP contribution in [-0.4, -0.2) is 15.1 Å². The highest BCUT2D eigenvalue weighted by Gasteiger charge is 1.95. The zero-order valence-corrected chi connectivity index (χ0v) is 7.38. The summed E-state index contributed by atoms with van der Waals surface area (Å²) in [6, 6.07) is 8.47. The number of aromatic hydroxyl groups is 1. The predicted octanol–water partition coefficient (Wildman–Crippen LogP) is 1.93. The first kappa shape index (κ1) is 8.50. The Balaban J connectivity index is 2.16. The van der Waals surface area contributed by atoms with Gasteiger partial charge in [0.2, 0.25) is 5.95 Å². The fraction of sp³-hybridized carbons (Fsp3) is 0. The summed E-state index contributed by atoms with van der Waals surface area (Å²) in [5.74, 6) is 0.780. The zero-order chi connectivity index (χ0) is 9.80. The van der Waals surface area contributed by atoms with Crippen molar-refractivity contribution in [3.8, 4) is 5.75 Å². The maximum Gasteiger partial charge on any atom is 0.227 e. The molecule has 0 aliphatic carbocycles. The Bertz CT molecular complexity index is 399. The molecule has 0 aliphatic rings. The molecule has 0 spiro atoms. The summed E-state index contributed by atoms with van der Waals surface area (Å²) in [5, 5.41) is 12.1. The quantitative estimate of drug-likeness (QED) is 0.705. The monoisotopic (exact) mass is 187 g/mol. The van der Waals surface area contributed by atoms with Crippen LogP contribution in [0.25, 0.3) is 0 Å². The van der Waals surface area contributed by atoms with Gasteiger partial charge in [0.25, 0.3) is 0 Å². The van der Waals surface area contributed by atoms with E-state index in [0.29, 0.717) is 5.95 Å². The van der Waals surface area contributed by atoms with Crippen LogP contribution in [0.4, 0.5) is 11.6 Å². The average molecular weight is 187 g/mol. The fourth-order valence-corrected chi connectivity index (χ4v) is 1.04. The van der Waals surface area contributed by atoms with Gasteiger partial charge in [-0.1, -0.05) is 0 Å². The zero-order valence-electron chi connectivity index (χ0n) is 7.38. The molecule has 4 heteroatoms. The first-order valence-corrected chi connectivity index (χ1v) is 4.18. The fourth-order valence-electron chi connectivity index (χ4n) is 1.04. The minimum atomic E-state index is 0.240. The van der Waals surface area contributed by atoms with E-state index < -0.39 is 0 Å². The molecule has 1 heterocycles. The second-order valence-corrected chi connectivity index (χ2v) is 2.74. The number of rotatable bonds is 2. The molecular weight excluding hydrogens is 178 g/mol. The van der Waals surface area contributed by atoms with Gasteiger partial charge in [-0.3, -0.25) is 0 Å². The normalized spacial score (nSPS) is 9.71. The predicted molar refractivity (Wildman–Crippen MR) is 53.4 cm³/mol. The molecule has 0 unspecified atom stereocenters. The van der Waals surface area contributed by atoms with Gasteiger partial charge in [-0.25, -0.2) is 9.97 Å². The number of benzene rings is 1. The standard InChI is InChI=1S/C10H9N3O/c14-9-4-2-8(3-5-9)13-10-11-6-1-7-12-10/h1-7,14H,(H,11,12,13). The molecule has 0 saturated heterocycles. The number of phenolic OH excluding ortho intramolecular Hbond substituents is 1. The maximum absolute atomic E-state index is 9.06. The van der Waals surface area contributed by atoms with E-state index >= 15 is 0 Å². The van der Waals surface area contributed by atoms with Crippen molar-refractivity contribution in [3.63, 3.8) is 0 Å². The molecule has 2 aromatic rings. The third kappa shape index (κ3) is 1.98. The van der Waals surface area contributed by atoms with E-state index in [1.807, 2.05) is 0 Å². The number of hydrogen-bond acceptors (Lipinski definition) is 4. The molecule has 2 rings (SSSR count). The highest BCUT2D eigenvalue weighted by molar-refractivity contribution is 5.53. The average Bonchev–Trinajstić information content (AvgIpc) is 2.23. The minimum Gasteiger partial charge on any atom is -0.508 e. The summed E-state index contributed by atoms with van der Waals surface area (Å²) in [6.45, 7) is 0. The van der Waals surface area contributed by atoms with Crippen LogP contribution in [0.3, 0.4) is 0 Å². The van der Waals surface area contributed by atoms with Crippen molar-refractivity contribution in [1.29, 1.82) is 0 Å². The van der Waals surface area contributed by atoms with Gasteiger partial charge >= 0.3 is 0 Å². The Morgan fingerprint density at radius 3 is 2.29 bits per heavy atom. The molecule has 0 fully saturated rings. The molecule has 4 nitrogen and oxygen atoms in total. The van der Waals surface area contributed by atoms with Crippen molar-refractivity contribution < 1.29 is 5.11 Å². The summed E-state index contributed by atoms with van der Waals surface area (Å²) < 4.78 is 0. The van der Waals surface area contributed by atoms with Crippen LogP contribution in [0.1, 0.15) is 0 Å². The molecule has 0 aliphatic heterocycles. The Hall–Kier alpha value is -2.10. The number of nitrogens with one attached hydrogen (secondary N) is 1. The lowest BCUT2D eigenvalue weighted by Crippen LogP contribution is -1.94. The lowest BCUT2D eigenvalue weighted by molar-refractivity contribution is 0.475. The van der Waals surface area contributed by atoms with Crippen LogP contribution in [0.5, 0.6) is 5.75 Å². The van der Waals surface area contributed by atoms with Gasteiger partial charge in [-0.15, -0.1) is 0 Å². The summed E-state index contributed by atoms with van der Waals surface area (Å²) in [5.41, 5.74) is 0.842.